The molecule has 5 heteroatoms. The standard InChI is InChI=1S/C15H22N4O/c1-3-18(4-2)10-11-19-9-8-12-13(15(16)17-20)6-5-7-14(12)19/h5-9,20H,3-4,10-11H2,1-2H3,(H2,16,17). The number of benzene rings is 1. The Morgan fingerprint density at radius 2 is 2.05 bits per heavy atom. The molecule has 0 saturated carbocycles. The molecule has 1 heterocycles. The smallest absolute Gasteiger partial charge is 0.170 e. The zero-order valence-corrected chi connectivity index (χ0v) is 12.1. The molecule has 0 radical (unpaired) electrons. The molecule has 0 aliphatic carbocycles. The molecule has 0 unspecified atom stereocenters. The highest BCUT2D eigenvalue weighted by Crippen LogP contribution is 2.20. The average Bonchev–Trinajstić information content (AvgIpc) is 2.90. The lowest BCUT2D eigenvalue weighted by Gasteiger charge is -2.18. The number of oxime groups is 1. The van der Waals surface area contributed by atoms with Crippen molar-refractivity contribution in [1.82, 2.24) is 9.47 Å². The quantitative estimate of drug-likeness (QED) is 0.367. The van der Waals surface area contributed by atoms with Crippen LogP contribution in [0.1, 0.15) is 19.4 Å². The monoisotopic (exact) mass is 274 g/mol. The molecule has 0 bridgehead atoms. The van der Waals surface area contributed by atoms with Crippen molar-refractivity contribution in [2.24, 2.45) is 10.9 Å². The van der Waals surface area contributed by atoms with Crippen LogP contribution in [0.2, 0.25) is 0 Å². The molecule has 3 N–H and O–H groups in total. The summed E-state index contributed by atoms with van der Waals surface area (Å²) in [6.07, 6.45) is 2.06. The van der Waals surface area contributed by atoms with Crippen molar-refractivity contribution in [2.75, 3.05) is 19.6 Å². The topological polar surface area (TPSA) is 66.8 Å². The van der Waals surface area contributed by atoms with Gasteiger partial charge in [0.15, 0.2) is 5.84 Å². The highest BCUT2D eigenvalue weighted by molar-refractivity contribution is 6.08. The van der Waals surface area contributed by atoms with E-state index < -0.39 is 0 Å². The Morgan fingerprint density at radius 3 is 2.70 bits per heavy atom. The maximum absolute atomic E-state index is 8.84. The fourth-order valence-corrected chi connectivity index (χ4v) is 2.48. The zero-order valence-electron chi connectivity index (χ0n) is 12.1. The van der Waals surface area contributed by atoms with Gasteiger partial charge in [0, 0.05) is 35.8 Å². The van der Waals surface area contributed by atoms with E-state index in [0.717, 1.165) is 42.6 Å². The summed E-state index contributed by atoms with van der Waals surface area (Å²) in [5.74, 6) is 0.150. The van der Waals surface area contributed by atoms with E-state index in [9.17, 15) is 0 Å². The lowest BCUT2D eigenvalue weighted by Crippen LogP contribution is -2.26. The molecule has 0 aliphatic heterocycles. The Bertz CT molecular complexity index is 599. The van der Waals surface area contributed by atoms with Crippen LogP contribution in [0.4, 0.5) is 0 Å². The number of likely N-dealkylation sites (N-methyl/N-ethyl adjacent to an activating group) is 1. The van der Waals surface area contributed by atoms with Gasteiger partial charge in [-0.15, -0.1) is 0 Å². The molecule has 0 fully saturated rings. The molecule has 0 spiro atoms. The number of hydrogen-bond donors (Lipinski definition) is 2. The predicted molar refractivity (Wildman–Crippen MR) is 82.2 cm³/mol. The second-order valence-electron chi connectivity index (χ2n) is 4.76. The fourth-order valence-electron chi connectivity index (χ4n) is 2.48. The van der Waals surface area contributed by atoms with Crippen LogP contribution in [0.25, 0.3) is 10.9 Å². The summed E-state index contributed by atoms with van der Waals surface area (Å²) in [6, 6.07) is 7.88. The lowest BCUT2D eigenvalue weighted by atomic mass is 10.1. The second kappa shape index (κ2) is 6.43. The van der Waals surface area contributed by atoms with E-state index in [1.165, 1.54) is 0 Å². The van der Waals surface area contributed by atoms with E-state index in [0.29, 0.717) is 0 Å². The number of nitrogens with zero attached hydrogens (tertiary/aromatic N) is 3. The van der Waals surface area contributed by atoms with Crippen LogP contribution >= 0.6 is 0 Å². The summed E-state index contributed by atoms with van der Waals surface area (Å²) in [6.45, 7) is 8.42. The van der Waals surface area contributed by atoms with E-state index >= 15 is 0 Å². The predicted octanol–water partition coefficient (Wildman–Crippen LogP) is 2.08. The third-order valence-electron chi connectivity index (χ3n) is 3.75. The minimum Gasteiger partial charge on any atom is -0.409 e. The molecule has 20 heavy (non-hydrogen) atoms. The first-order valence-electron chi connectivity index (χ1n) is 6.99. The summed E-state index contributed by atoms with van der Waals surface area (Å²) >= 11 is 0. The lowest BCUT2D eigenvalue weighted by molar-refractivity contribution is 0.292. The van der Waals surface area contributed by atoms with Gasteiger partial charge in [-0.1, -0.05) is 31.1 Å². The SMILES string of the molecule is CCN(CC)CCn1ccc2c(/C(N)=N/O)cccc21. The summed E-state index contributed by atoms with van der Waals surface area (Å²) in [5, 5.41) is 13.0. The van der Waals surface area contributed by atoms with Crippen LogP contribution in [0, 0.1) is 0 Å². The van der Waals surface area contributed by atoms with Crippen LogP contribution in [-0.4, -0.2) is 40.1 Å². The number of fused-ring (bicyclic) bond motifs is 1. The Labute approximate surface area is 119 Å². The highest BCUT2D eigenvalue weighted by Gasteiger charge is 2.09. The van der Waals surface area contributed by atoms with Crippen molar-refractivity contribution in [2.45, 2.75) is 20.4 Å². The first-order chi connectivity index (χ1) is 9.71. The minimum atomic E-state index is 0.150. The van der Waals surface area contributed by atoms with Crippen molar-refractivity contribution in [3.05, 3.63) is 36.0 Å². The molecule has 2 rings (SSSR count). The third-order valence-corrected chi connectivity index (χ3v) is 3.75. The van der Waals surface area contributed by atoms with Crippen molar-refractivity contribution in [3.63, 3.8) is 0 Å². The number of rotatable bonds is 6. The summed E-state index contributed by atoms with van der Waals surface area (Å²) in [7, 11) is 0. The molecule has 0 atom stereocenters. The van der Waals surface area contributed by atoms with Gasteiger partial charge in [-0.25, -0.2) is 0 Å². The summed E-state index contributed by atoms with van der Waals surface area (Å²) in [5.41, 5.74) is 7.60. The molecule has 5 nitrogen and oxygen atoms in total. The third kappa shape index (κ3) is 2.77. The zero-order chi connectivity index (χ0) is 14.5. The van der Waals surface area contributed by atoms with Gasteiger partial charge < -0.3 is 20.4 Å². The first-order valence-corrected chi connectivity index (χ1v) is 6.99. The Hall–Kier alpha value is -2.01. The van der Waals surface area contributed by atoms with Gasteiger partial charge >= 0.3 is 0 Å². The number of nitrogens with two attached hydrogens (primary N) is 1. The molecular weight excluding hydrogens is 252 g/mol. The maximum atomic E-state index is 8.84. The molecular formula is C15H22N4O. The van der Waals surface area contributed by atoms with E-state index in [1.54, 1.807) is 0 Å². The van der Waals surface area contributed by atoms with E-state index in [1.807, 2.05) is 18.2 Å². The second-order valence-corrected chi connectivity index (χ2v) is 4.76. The van der Waals surface area contributed by atoms with E-state index in [4.69, 9.17) is 10.9 Å². The number of amidine groups is 1. The minimum absolute atomic E-state index is 0.150. The summed E-state index contributed by atoms with van der Waals surface area (Å²) in [4.78, 5) is 2.39. The summed E-state index contributed by atoms with van der Waals surface area (Å²) < 4.78 is 2.21. The maximum Gasteiger partial charge on any atom is 0.170 e. The molecule has 1 aromatic carbocycles. The molecule has 0 amide bonds. The van der Waals surface area contributed by atoms with Gasteiger partial charge in [0.05, 0.1) is 0 Å². The van der Waals surface area contributed by atoms with Crippen LogP contribution in [0.15, 0.2) is 35.6 Å². The molecule has 0 aliphatic rings. The average molecular weight is 274 g/mol. The molecule has 2 aromatic rings. The fraction of sp³-hybridized carbons (Fsp3) is 0.400. The molecule has 108 valence electrons. The van der Waals surface area contributed by atoms with Crippen LogP contribution < -0.4 is 5.73 Å². The van der Waals surface area contributed by atoms with Crippen LogP contribution in [0.3, 0.4) is 0 Å². The first kappa shape index (κ1) is 14.4. The Morgan fingerprint density at radius 1 is 1.30 bits per heavy atom. The van der Waals surface area contributed by atoms with Crippen molar-refractivity contribution >= 4 is 16.7 Å². The van der Waals surface area contributed by atoms with Crippen molar-refractivity contribution < 1.29 is 5.21 Å². The van der Waals surface area contributed by atoms with Gasteiger partial charge in [0.1, 0.15) is 0 Å². The van der Waals surface area contributed by atoms with Crippen molar-refractivity contribution in [1.29, 1.82) is 0 Å². The normalized spacial score (nSPS) is 12.4. The molecule has 1 aromatic heterocycles. The highest BCUT2D eigenvalue weighted by atomic mass is 16.4. The van der Waals surface area contributed by atoms with E-state index in [2.05, 4.69) is 40.7 Å². The number of aromatic nitrogens is 1. The van der Waals surface area contributed by atoms with Gasteiger partial charge in [-0.2, -0.15) is 0 Å². The number of hydrogen-bond acceptors (Lipinski definition) is 3. The van der Waals surface area contributed by atoms with Gasteiger partial charge in [0.2, 0.25) is 0 Å². The Balaban J connectivity index is 2.29. The van der Waals surface area contributed by atoms with Gasteiger partial charge in [-0.3, -0.25) is 0 Å². The van der Waals surface area contributed by atoms with Crippen molar-refractivity contribution in [3.8, 4) is 0 Å². The van der Waals surface area contributed by atoms with Crippen LogP contribution in [-0.2, 0) is 6.54 Å². The van der Waals surface area contributed by atoms with Gasteiger partial charge in [0.25, 0.3) is 0 Å². The molecule has 0 saturated heterocycles. The largest absolute Gasteiger partial charge is 0.409 e. The van der Waals surface area contributed by atoms with Crippen LogP contribution in [0.5, 0.6) is 0 Å². The van der Waals surface area contributed by atoms with E-state index in [-0.39, 0.29) is 5.84 Å². The Kier molecular flexibility index (Phi) is 4.63. The van der Waals surface area contributed by atoms with Gasteiger partial charge in [-0.05, 0) is 25.2 Å².